The normalized spacial score (nSPS) is 15.1. The van der Waals surface area contributed by atoms with Crippen LogP contribution < -0.4 is 14.7 Å². The maximum Gasteiger partial charge on any atom is 0.335 e. The van der Waals surface area contributed by atoms with Crippen LogP contribution >= 0.6 is 0 Å². The number of hydrogen-bond acceptors (Lipinski definition) is 4. The van der Waals surface area contributed by atoms with Crippen LogP contribution in [0, 0.1) is 0 Å². The molecule has 0 amide bonds. The monoisotopic (exact) mass is 404 g/mol. The number of allylic oxidation sites excluding steroid dienone is 2. The average molecular weight is 404 g/mol. The minimum absolute atomic E-state index is 0.0166. The minimum Gasteiger partial charge on any atom is -0.872 e. The zero-order chi connectivity index (χ0) is 21.6. The number of carboxylic acid groups (broad SMARTS) is 1. The van der Waals surface area contributed by atoms with Crippen LogP contribution in [0.2, 0.25) is 0 Å². The molecule has 6 heteroatoms. The van der Waals surface area contributed by atoms with Gasteiger partial charge in [-0.2, -0.15) is 0 Å². The third-order valence-electron chi connectivity index (χ3n) is 5.46. The van der Waals surface area contributed by atoms with Gasteiger partial charge in [0, 0.05) is 49.0 Å². The van der Waals surface area contributed by atoms with Crippen molar-refractivity contribution in [1.82, 2.24) is 4.90 Å². The van der Waals surface area contributed by atoms with E-state index in [1.165, 1.54) is 17.0 Å². The second-order valence-corrected chi connectivity index (χ2v) is 7.92. The summed E-state index contributed by atoms with van der Waals surface area (Å²) in [5.41, 5.74) is 5.04. The van der Waals surface area contributed by atoms with Gasteiger partial charge in [-0.25, -0.2) is 4.79 Å². The first kappa shape index (κ1) is 19.8. The van der Waals surface area contributed by atoms with Crippen molar-refractivity contribution in [2.24, 2.45) is 0 Å². The van der Waals surface area contributed by atoms with Crippen LogP contribution in [0.15, 0.2) is 65.6 Å². The van der Waals surface area contributed by atoms with E-state index in [4.69, 9.17) is 4.74 Å². The van der Waals surface area contributed by atoms with Gasteiger partial charge < -0.3 is 24.7 Å². The molecular formula is C24H24N2O4. The highest BCUT2D eigenvalue weighted by Gasteiger charge is 2.28. The van der Waals surface area contributed by atoms with E-state index in [-0.39, 0.29) is 11.3 Å². The van der Waals surface area contributed by atoms with Crippen LogP contribution in [-0.2, 0) is 0 Å². The van der Waals surface area contributed by atoms with Crippen LogP contribution in [0.3, 0.4) is 0 Å². The Kier molecular flexibility index (Phi) is 4.87. The molecule has 0 saturated carbocycles. The summed E-state index contributed by atoms with van der Waals surface area (Å²) < 4.78 is 6.24. The van der Waals surface area contributed by atoms with E-state index in [2.05, 4.69) is 0 Å². The number of carbonyl (C=O) groups is 1. The Bertz CT molecular complexity index is 1140. The Morgan fingerprint density at radius 1 is 1.13 bits per heavy atom. The Hall–Kier alpha value is -3.51. The first-order chi connectivity index (χ1) is 14.3. The summed E-state index contributed by atoms with van der Waals surface area (Å²) in [6.07, 6.45) is 4.80. The molecule has 154 valence electrons. The minimum atomic E-state index is -1.12. The Morgan fingerprint density at radius 2 is 1.87 bits per heavy atom. The number of nitrogens with zero attached hydrogens (tertiary/aromatic N) is 1. The fourth-order valence-electron chi connectivity index (χ4n) is 3.75. The third kappa shape index (κ3) is 3.35. The number of fused-ring (bicyclic) bond motifs is 2. The van der Waals surface area contributed by atoms with Gasteiger partial charge in [-0.15, -0.1) is 5.75 Å². The highest BCUT2D eigenvalue weighted by Crippen LogP contribution is 2.46. The van der Waals surface area contributed by atoms with E-state index < -0.39 is 5.97 Å². The standard InChI is InChI=1S/C24H24N2O4/c1-25(2)15-7-10-21-19(12-15)23(17-8-5-14(24(28)29)11-20(17)27)18-9-6-16(26(3)4)13-22(18)30-21/h5-6,8-13,27H,7H2,1-4H3,(H,28,29). The lowest BCUT2D eigenvalue weighted by Gasteiger charge is -2.31. The molecule has 1 aliphatic carbocycles. The van der Waals surface area contributed by atoms with Crippen LogP contribution in [0.4, 0.5) is 5.69 Å². The van der Waals surface area contributed by atoms with Crippen molar-refractivity contribution >= 4 is 17.2 Å². The van der Waals surface area contributed by atoms with Gasteiger partial charge >= 0.3 is 5.97 Å². The second kappa shape index (κ2) is 7.39. The number of quaternary nitrogens is 1. The summed E-state index contributed by atoms with van der Waals surface area (Å²) in [5, 5.41) is 22.2. The quantitative estimate of drug-likeness (QED) is 0.817. The fourth-order valence-corrected chi connectivity index (χ4v) is 3.75. The molecule has 0 aromatic heterocycles. The van der Waals surface area contributed by atoms with Gasteiger partial charge in [0.05, 0.1) is 19.7 Å². The number of benzene rings is 2. The van der Waals surface area contributed by atoms with Crippen molar-refractivity contribution in [3.63, 3.8) is 0 Å². The molecule has 2 aliphatic rings. The molecule has 0 radical (unpaired) electrons. The summed E-state index contributed by atoms with van der Waals surface area (Å²) in [4.78, 5) is 14.5. The number of carboxylic acids is 1. The Labute approximate surface area is 175 Å². The summed E-state index contributed by atoms with van der Waals surface area (Å²) in [6, 6.07) is 10.2. The summed E-state index contributed by atoms with van der Waals surface area (Å²) in [6.45, 7) is 0. The zero-order valence-corrected chi connectivity index (χ0v) is 17.4. The predicted octanol–water partition coefficient (Wildman–Crippen LogP) is 2.16. The third-order valence-corrected chi connectivity index (χ3v) is 5.46. The summed E-state index contributed by atoms with van der Waals surface area (Å²) in [7, 11) is 8.04. The second-order valence-electron chi connectivity index (χ2n) is 7.92. The predicted molar refractivity (Wildman–Crippen MR) is 113 cm³/mol. The van der Waals surface area contributed by atoms with Crippen LogP contribution in [0.5, 0.6) is 11.5 Å². The van der Waals surface area contributed by atoms with E-state index in [1.54, 1.807) is 6.07 Å². The van der Waals surface area contributed by atoms with Crippen molar-refractivity contribution in [2.45, 2.75) is 6.42 Å². The van der Waals surface area contributed by atoms with E-state index >= 15 is 0 Å². The Morgan fingerprint density at radius 3 is 2.50 bits per heavy atom. The van der Waals surface area contributed by atoms with Crippen molar-refractivity contribution < 1.29 is 24.6 Å². The van der Waals surface area contributed by atoms with Gasteiger partial charge in [0.1, 0.15) is 17.2 Å². The summed E-state index contributed by atoms with van der Waals surface area (Å²) >= 11 is 0. The lowest BCUT2D eigenvalue weighted by molar-refractivity contribution is -0.786. The van der Waals surface area contributed by atoms with Gasteiger partial charge in [0.15, 0.2) is 0 Å². The zero-order valence-electron chi connectivity index (χ0n) is 17.4. The van der Waals surface area contributed by atoms with Gasteiger partial charge in [0.25, 0.3) is 0 Å². The van der Waals surface area contributed by atoms with Gasteiger partial charge in [0.2, 0.25) is 0 Å². The van der Waals surface area contributed by atoms with Crippen molar-refractivity contribution in [2.75, 3.05) is 28.2 Å². The highest BCUT2D eigenvalue weighted by molar-refractivity contribution is 5.94. The molecule has 0 fully saturated rings. The number of hydrogen-bond donors (Lipinski definition) is 2. The van der Waals surface area contributed by atoms with Crippen molar-refractivity contribution in [1.29, 1.82) is 0 Å². The Balaban J connectivity index is 1.99. The maximum absolute atomic E-state index is 12.9. The SMILES string of the molecule is CN(C)C1=CC2=C(c3ccc(C(=O)O)cc3[O-])c3ccc([NH+](C)C)cc3OC2=CC1. The molecule has 0 bridgehead atoms. The van der Waals surface area contributed by atoms with E-state index in [0.717, 1.165) is 40.3 Å². The van der Waals surface area contributed by atoms with Gasteiger partial charge in [-0.3, -0.25) is 0 Å². The first-order valence-electron chi connectivity index (χ1n) is 9.76. The molecule has 0 spiro atoms. The maximum atomic E-state index is 12.9. The molecule has 30 heavy (non-hydrogen) atoms. The molecule has 1 heterocycles. The smallest absolute Gasteiger partial charge is 0.335 e. The van der Waals surface area contributed by atoms with Crippen molar-refractivity contribution in [3.05, 3.63) is 82.3 Å². The van der Waals surface area contributed by atoms with E-state index in [0.29, 0.717) is 11.3 Å². The lowest BCUT2D eigenvalue weighted by Crippen LogP contribution is -3.00. The molecule has 2 aromatic rings. The van der Waals surface area contributed by atoms with Crippen LogP contribution in [0.25, 0.3) is 5.57 Å². The molecule has 0 unspecified atom stereocenters. The number of rotatable bonds is 4. The molecular weight excluding hydrogens is 380 g/mol. The molecule has 0 saturated heterocycles. The first-order valence-corrected chi connectivity index (χ1v) is 9.76. The fraction of sp³-hybridized carbons (Fsp3) is 0.208. The average Bonchev–Trinajstić information content (AvgIpc) is 2.71. The number of aromatic carboxylic acids is 1. The van der Waals surface area contributed by atoms with Crippen LogP contribution in [0.1, 0.15) is 27.9 Å². The summed E-state index contributed by atoms with van der Waals surface area (Å²) in [5.74, 6) is -0.0227. The highest BCUT2D eigenvalue weighted by atomic mass is 16.5. The number of nitrogens with one attached hydrogen (secondary N) is 1. The molecule has 2 aromatic carbocycles. The van der Waals surface area contributed by atoms with Gasteiger partial charge in [-0.1, -0.05) is 12.1 Å². The van der Waals surface area contributed by atoms with Crippen molar-refractivity contribution in [3.8, 4) is 11.5 Å². The largest absolute Gasteiger partial charge is 0.872 e. The lowest BCUT2D eigenvalue weighted by atomic mass is 9.86. The number of ether oxygens (including phenoxy) is 1. The van der Waals surface area contributed by atoms with Crippen LogP contribution in [-0.4, -0.2) is 44.2 Å². The van der Waals surface area contributed by atoms with E-state index in [1.807, 2.05) is 63.4 Å². The molecule has 1 aliphatic heterocycles. The van der Waals surface area contributed by atoms with E-state index in [9.17, 15) is 15.0 Å². The molecule has 0 atom stereocenters. The molecule has 2 N–H and O–H groups in total. The van der Waals surface area contributed by atoms with Gasteiger partial charge in [-0.05, 0) is 35.9 Å². The topological polar surface area (TPSA) is 77.3 Å². The molecule has 6 nitrogen and oxygen atoms in total. The molecule has 4 rings (SSSR count).